The molecule has 1 heterocycles. The maximum atomic E-state index is 13.2. The zero-order chi connectivity index (χ0) is 18.4. The molecule has 2 aromatic carbocycles. The summed E-state index contributed by atoms with van der Waals surface area (Å²) < 4.78 is 24.4. The van der Waals surface area contributed by atoms with E-state index in [0.717, 1.165) is 10.4 Å². The molecule has 134 valence electrons. The average molecular weight is 373 g/mol. The number of rotatable bonds is 7. The second kappa shape index (κ2) is 8.44. The van der Waals surface area contributed by atoms with Crippen LogP contribution in [0.3, 0.4) is 0 Å². The van der Waals surface area contributed by atoms with Crippen molar-refractivity contribution in [3.05, 3.63) is 65.3 Å². The van der Waals surface area contributed by atoms with E-state index in [1.807, 2.05) is 30.3 Å². The fourth-order valence-electron chi connectivity index (χ4n) is 2.24. The van der Waals surface area contributed by atoms with Crippen LogP contribution >= 0.6 is 11.3 Å². The summed E-state index contributed by atoms with van der Waals surface area (Å²) in [6.07, 6.45) is 0. The van der Waals surface area contributed by atoms with Gasteiger partial charge in [0.1, 0.15) is 23.1 Å². The fourth-order valence-corrected chi connectivity index (χ4v) is 3.18. The maximum Gasteiger partial charge on any atom is 0.348 e. The number of amides is 1. The Bertz CT molecular complexity index is 910. The Kier molecular flexibility index (Phi) is 5.80. The Morgan fingerprint density at radius 2 is 1.88 bits per heavy atom. The number of hydrogen-bond donors (Lipinski definition) is 1. The van der Waals surface area contributed by atoms with Crippen molar-refractivity contribution in [3.63, 3.8) is 0 Å². The number of fused-ring (bicyclic) bond motifs is 1. The average Bonchev–Trinajstić information content (AvgIpc) is 3.07. The van der Waals surface area contributed by atoms with E-state index in [2.05, 4.69) is 5.32 Å². The molecule has 0 fully saturated rings. The highest BCUT2D eigenvalue weighted by molar-refractivity contribution is 7.20. The first kappa shape index (κ1) is 17.9. The van der Waals surface area contributed by atoms with Gasteiger partial charge in [-0.3, -0.25) is 4.79 Å². The molecule has 1 N–H and O–H groups in total. The third kappa shape index (κ3) is 4.80. The topological polar surface area (TPSA) is 64.6 Å². The number of carbonyl (C=O) groups is 2. The molecule has 0 aliphatic rings. The lowest BCUT2D eigenvalue weighted by Gasteiger charge is -2.07. The lowest BCUT2D eigenvalue weighted by Crippen LogP contribution is -2.32. The highest BCUT2D eigenvalue weighted by Gasteiger charge is 2.14. The van der Waals surface area contributed by atoms with Crippen LogP contribution in [-0.2, 0) is 9.53 Å². The minimum absolute atomic E-state index is 0.299. The van der Waals surface area contributed by atoms with Crippen molar-refractivity contribution in [2.24, 2.45) is 0 Å². The standard InChI is InChI=1S/C19H16FNO4S/c20-14-6-7-16-13(10-14)11-17(26-16)19(23)25-12-18(22)21-8-9-24-15-4-2-1-3-5-15/h1-7,10-11H,8-9,12H2,(H,21,22). The van der Waals surface area contributed by atoms with Gasteiger partial charge in [-0.1, -0.05) is 18.2 Å². The summed E-state index contributed by atoms with van der Waals surface area (Å²) >= 11 is 1.19. The number of para-hydroxylation sites is 1. The molecule has 26 heavy (non-hydrogen) atoms. The molecule has 7 heteroatoms. The van der Waals surface area contributed by atoms with E-state index in [1.54, 1.807) is 12.1 Å². The molecule has 1 aromatic heterocycles. The largest absolute Gasteiger partial charge is 0.492 e. The first-order valence-electron chi connectivity index (χ1n) is 7.92. The predicted molar refractivity (Wildman–Crippen MR) is 97.0 cm³/mol. The van der Waals surface area contributed by atoms with Gasteiger partial charge >= 0.3 is 5.97 Å². The summed E-state index contributed by atoms with van der Waals surface area (Å²) in [7, 11) is 0. The molecule has 3 rings (SSSR count). The van der Waals surface area contributed by atoms with Crippen LogP contribution in [0.25, 0.3) is 10.1 Å². The summed E-state index contributed by atoms with van der Waals surface area (Å²) in [5.41, 5.74) is 0. The molecule has 0 radical (unpaired) electrons. The zero-order valence-electron chi connectivity index (χ0n) is 13.7. The molecule has 0 aliphatic carbocycles. The number of nitrogens with one attached hydrogen (secondary N) is 1. The quantitative estimate of drug-likeness (QED) is 0.509. The molecule has 0 unspecified atom stereocenters. The third-order valence-corrected chi connectivity index (χ3v) is 4.55. The number of hydrogen-bond acceptors (Lipinski definition) is 5. The minimum atomic E-state index is -0.609. The molecular formula is C19H16FNO4S. The second-order valence-corrected chi connectivity index (χ2v) is 6.46. The number of esters is 1. The van der Waals surface area contributed by atoms with E-state index >= 15 is 0 Å². The highest BCUT2D eigenvalue weighted by atomic mass is 32.1. The molecule has 0 saturated carbocycles. The number of halogens is 1. The lowest BCUT2D eigenvalue weighted by molar-refractivity contribution is -0.124. The molecule has 0 atom stereocenters. The Morgan fingerprint density at radius 1 is 1.08 bits per heavy atom. The number of carbonyl (C=O) groups excluding carboxylic acids is 2. The fraction of sp³-hybridized carbons (Fsp3) is 0.158. The maximum absolute atomic E-state index is 13.2. The van der Waals surface area contributed by atoms with Gasteiger partial charge in [-0.25, -0.2) is 9.18 Å². The van der Waals surface area contributed by atoms with Crippen LogP contribution in [0.5, 0.6) is 5.75 Å². The number of thiophene rings is 1. The van der Waals surface area contributed by atoms with E-state index in [-0.39, 0.29) is 12.4 Å². The van der Waals surface area contributed by atoms with Crippen molar-refractivity contribution in [2.75, 3.05) is 19.8 Å². The van der Waals surface area contributed by atoms with Gasteiger partial charge in [0.25, 0.3) is 5.91 Å². The van der Waals surface area contributed by atoms with Crippen LogP contribution < -0.4 is 10.1 Å². The number of benzene rings is 2. The van der Waals surface area contributed by atoms with Gasteiger partial charge in [-0.15, -0.1) is 11.3 Å². The van der Waals surface area contributed by atoms with Crippen molar-refractivity contribution >= 4 is 33.3 Å². The van der Waals surface area contributed by atoms with Crippen LogP contribution in [-0.4, -0.2) is 31.6 Å². The molecule has 0 saturated heterocycles. The van der Waals surface area contributed by atoms with Crippen molar-refractivity contribution in [3.8, 4) is 5.75 Å². The summed E-state index contributed by atoms with van der Waals surface area (Å²) in [6, 6.07) is 15.1. The monoisotopic (exact) mass is 373 g/mol. The number of ether oxygens (including phenoxy) is 2. The summed E-state index contributed by atoms with van der Waals surface area (Å²) in [5.74, 6) is -0.675. The van der Waals surface area contributed by atoms with Crippen molar-refractivity contribution in [1.29, 1.82) is 0 Å². The van der Waals surface area contributed by atoms with Crippen molar-refractivity contribution in [2.45, 2.75) is 0 Å². The summed E-state index contributed by atoms with van der Waals surface area (Å²) in [4.78, 5) is 24.1. The van der Waals surface area contributed by atoms with Gasteiger partial charge in [-0.2, -0.15) is 0 Å². The second-order valence-electron chi connectivity index (χ2n) is 5.38. The van der Waals surface area contributed by atoms with Crippen LogP contribution in [0.2, 0.25) is 0 Å². The molecule has 0 aliphatic heterocycles. The highest BCUT2D eigenvalue weighted by Crippen LogP contribution is 2.26. The van der Waals surface area contributed by atoms with E-state index in [9.17, 15) is 14.0 Å². The van der Waals surface area contributed by atoms with E-state index in [0.29, 0.717) is 23.4 Å². The van der Waals surface area contributed by atoms with Crippen LogP contribution in [0.1, 0.15) is 9.67 Å². The molecular weight excluding hydrogens is 357 g/mol. The van der Waals surface area contributed by atoms with Crippen LogP contribution in [0, 0.1) is 5.82 Å². The van der Waals surface area contributed by atoms with Gasteiger partial charge < -0.3 is 14.8 Å². The summed E-state index contributed by atoms with van der Waals surface area (Å²) in [6.45, 7) is 0.228. The summed E-state index contributed by atoms with van der Waals surface area (Å²) in [5, 5.41) is 3.24. The van der Waals surface area contributed by atoms with Gasteiger partial charge in [-0.05, 0) is 41.8 Å². The molecule has 0 bridgehead atoms. The normalized spacial score (nSPS) is 10.5. The van der Waals surface area contributed by atoms with Crippen molar-refractivity contribution in [1.82, 2.24) is 5.32 Å². The Balaban J connectivity index is 1.41. The van der Waals surface area contributed by atoms with E-state index in [4.69, 9.17) is 9.47 Å². The molecule has 0 spiro atoms. The van der Waals surface area contributed by atoms with Crippen molar-refractivity contribution < 1.29 is 23.5 Å². The molecule has 5 nitrogen and oxygen atoms in total. The Hall–Kier alpha value is -2.93. The van der Waals surface area contributed by atoms with E-state index in [1.165, 1.54) is 23.5 Å². The van der Waals surface area contributed by atoms with Gasteiger partial charge in [0, 0.05) is 4.70 Å². The van der Waals surface area contributed by atoms with E-state index < -0.39 is 11.9 Å². The van der Waals surface area contributed by atoms with Gasteiger partial charge in [0.2, 0.25) is 0 Å². The molecule has 3 aromatic rings. The molecule has 1 amide bonds. The minimum Gasteiger partial charge on any atom is -0.492 e. The zero-order valence-corrected chi connectivity index (χ0v) is 14.6. The van der Waals surface area contributed by atoms with Crippen LogP contribution in [0.15, 0.2) is 54.6 Å². The smallest absolute Gasteiger partial charge is 0.348 e. The van der Waals surface area contributed by atoms with Gasteiger partial charge in [0.05, 0.1) is 6.54 Å². The Labute approximate surface area is 153 Å². The Morgan fingerprint density at radius 3 is 2.69 bits per heavy atom. The first-order valence-corrected chi connectivity index (χ1v) is 8.74. The SMILES string of the molecule is O=C(COC(=O)c1cc2cc(F)ccc2s1)NCCOc1ccccc1. The lowest BCUT2D eigenvalue weighted by atomic mass is 10.2. The third-order valence-electron chi connectivity index (χ3n) is 3.45. The van der Waals surface area contributed by atoms with Gasteiger partial charge in [0.15, 0.2) is 6.61 Å². The predicted octanol–water partition coefficient (Wildman–Crippen LogP) is 3.39. The first-order chi connectivity index (χ1) is 12.6. The van der Waals surface area contributed by atoms with Crippen LogP contribution in [0.4, 0.5) is 4.39 Å².